The highest BCUT2D eigenvalue weighted by molar-refractivity contribution is 9.10. The fraction of sp³-hybridized carbons (Fsp3) is 0.222. The van der Waals surface area contributed by atoms with Crippen molar-refractivity contribution in [1.82, 2.24) is 0 Å². The maximum absolute atomic E-state index is 12.8. The van der Waals surface area contributed by atoms with Gasteiger partial charge in [-0.05, 0) is 42.5 Å². The van der Waals surface area contributed by atoms with E-state index in [0.29, 0.717) is 5.69 Å². The van der Waals surface area contributed by atoms with Gasteiger partial charge in [-0.25, -0.2) is 0 Å². The predicted octanol–water partition coefficient (Wildman–Crippen LogP) is 4.46. The second kappa shape index (κ2) is 7.11. The zero-order chi connectivity index (χ0) is 18.9. The van der Waals surface area contributed by atoms with E-state index in [4.69, 9.17) is 0 Å². The van der Waals surface area contributed by atoms with E-state index >= 15 is 0 Å². The van der Waals surface area contributed by atoms with E-state index in [1.54, 1.807) is 24.3 Å². The van der Waals surface area contributed by atoms with Crippen LogP contribution in [0.5, 0.6) is 0 Å². The SMILES string of the molecule is O=C(Nc1cccc(C(F)(F)F)c1)[C@H]1CC(=O)N(c2ccc(Br)cc2)C1. The molecule has 1 N–H and O–H groups in total. The lowest BCUT2D eigenvalue weighted by atomic mass is 10.1. The van der Waals surface area contributed by atoms with Crippen LogP contribution in [0.15, 0.2) is 53.0 Å². The van der Waals surface area contributed by atoms with Crippen LogP contribution in [0.4, 0.5) is 24.5 Å². The Morgan fingerprint density at radius 3 is 2.50 bits per heavy atom. The minimum atomic E-state index is -4.48. The van der Waals surface area contributed by atoms with Crippen molar-refractivity contribution in [2.75, 3.05) is 16.8 Å². The monoisotopic (exact) mass is 426 g/mol. The van der Waals surface area contributed by atoms with E-state index in [1.807, 2.05) is 0 Å². The number of carbonyl (C=O) groups is 2. The van der Waals surface area contributed by atoms with Crippen LogP contribution in [0, 0.1) is 5.92 Å². The second-order valence-corrected chi connectivity index (χ2v) is 6.87. The summed E-state index contributed by atoms with van der Waals surface area (Å²) in [6.45, 7) is 0.186. The number of alkyl halides is 3. The Morgan fingerprint density at radius 1 is 1.15 bits per heavy atom. The Bertz CT molecular complexity index is 837. The summed E-state index contributed by atoms with van der Waals surface area (Å²) in [4.78, 5) is 26.1. The summed E-state index contributed by atoms with van der Waals surface area (Å²) in [6.07, 6.45) is -4.47. The lowest BCUT2D eigenvalue weighted by molar-refractivity contribution is -0.137. The van der Waals surface area contributed by atoms with Crippen molar-refractivity contribution in [3.05, 3.63) is 58.6 Å². The molecule has 0 spiro atoms. The summed E-state index contributed by atoms with van der Waals surface area (Å²) in [5.74, 6) is -1.30. The lowest BCUT2D eigenvalue weighted by Crippen LogP contribution is -2.28. The van der Waals surface area contributed by atoms with Gasteiger partial charge in [0.2, 0.25) is 11.8 Å². The molecule has 2 amide bonds. The summed E-state index contributed by atoms with van der Waals surface area (Å²) in [5.41, 5.74) is -0.110. The van der Waals surface area contributed by atoms with Gasteiger partial charge < -0.3 is 10.2 Å². The fourth-order valence-electron chi connectivity index (χ4n) is 2.77. The van der Waals surface area contributed by atoms with Crippen LogP contribution >= 0.6 is 15.9 Å². The van der Waals surface area contributed by atoms with Crippen LogP contribution < -0.4 is 10.2 Å². The number of rotatable bonds is 3. The van der Waals surface area contributed by atoms with E-state index in [-0.39, 0.29) is 24.6 Å². The highest BCUT2D eigenvalue weighted by Gasteiger charge is 2.35. The van der Waals surface area contributed by atoms with Crippen LogP contribution in [0.2, 0.25) is 0 Å². The smallest absolute Gasteiger partial charge is 0.326 e. The molecule has 8 heteroatoms. The summed E-state index contributed by atoms with van der Waals surface area (Å²) in [6, 6.07) is 11.5. The third-order valence-corrected chi connectivity index (χ3v) is 4.62. The lowest BCUT2D eigenvalue weighted by Gasteiger charge is -2.17. The first kappa shape index (κ1) is 18.4. The van der Waals surface area contributed by atoms with Gasteiger partial charge >= 0.3 is 6.18 Å². The molecule has 1 aliphatic rings. The average Bonchev–Trinajstić information content (AvgIpc) is 2.97. The zero-order valence-electron chi connectivity index (χ0n) is 13.4. The number of anilines is 2. The highest BCUT2D eigenvalue weighted by atomic mass is 79.9. The van der Waals surface area contributed by atoms with E-state index < -0.39 is 23.6 Å². The van der Waals surface area contributed by atoms with Gasteiger partial charge in [0.15, 0.2) is 0 Å². The van der Waals surface area contributed by atoms with Crippen molar-refractivity contribution in [1.29, 1.82) is 0 Å². The zero-order valence-corrected chi connectivity index (χ0v) is 15.0. The molecule has 136 valence electrons. The first-order valence-corrected chi connectivity index (χ1v) is 8.57. The first-order valence-electron chi connectivity index (χ1n) is 7.78. The molecule has 2 aromatic carbocycles. The molecule has 2 aromatic rings. The maximum atomic E-state index is 12.8. The standard InChI is InChI=1S/C18H14BrF3N2O2/c19-13-4-6-15(7-5-13)24-10-11(8-16(24)25)17(26)23-14-3-1-2-12(9-14)18(20,21)22/h1-7,9,11H,8,10H2,(H,23,26)/t11-/m0/s1. The van der Waals surface area contributed by atoms with Gasteiger partial charge in [-0.2, -0.15) is 13.2 Å². The number of hydrogen-bond donors (Lipinski definition) is 1. The van der Waals surface area contributed by atoms with Crippen LogP contribution in [0.1, 0.15) is 12.0 Å². The Kier molecular flexibility index (Phi) is 5.04. The number of nitrogens with one attached hydrogen (secondary N) is 1. The number of carbonyl (C=O) groups excluding carboxylic acids is 2. The molecule has 1 saturated heterocycles. The van der Waals surface area contributed by atoms with E-state index in [0.717, 1.165) is 16.6 Å². The third kappa shape index (κ3) is 4.07. The van der Waals surface area contributed by atoms with Crippen LogP contribution in [0.25, 0.3) is 0 Å². The molecule has 26 heavy (non-hydrogen) atoms. The minimum absolute atomic E-state index is 0.0147. The molecule has 0 aliphatic carbocycles. The molecule has 0 radical (unpaired) electrons. The summed E-state index contributed by atoms with van der Waals surface area (Å²) >= 11 is 3.31. The topological polar surface area (TPSA) is 49.4 Å². The molecule has 0 saturated carbocycles. The van der Waals surface area contributed by atoms with Gasteiger partial charge in [0.25, 0.3) is 0 Å². The molecule has 0 unspecified atom stereocenters. The summed E-state index contributed by atoms with van der Waals surface area (Å²) in [7, 11) is 0. The number of benzene rings is 2. The van der Waals surface area contributed by atoms with Crippen LogP contribution in [0.3, 0.4) is 0 Å². The second-order valence-electron chi connectivity index (χ2n) is 5.95. The minimum Gasteiger partial charge on any atom is -0.326 e. The molecular weight excluding hydrogens is 413 g/mol. The Labute approximate surface area is 156 Å². The Balaban J connectivity index is 1.70. The molecule has 0 bridgehead atoms. The van der Waals surface area contributed by atoms with Gasteiger partial charge in [-0.1, -0.05) is 22.0 Å². The molecule has 1 fully saturated rings. The van der Waals surface area contributed by atoms with E-state index in [2.05, 4.69) is 21.2 Å². The predicted molar refractivity (Wildman–Crippen MR) is 94.7 cm³/mol. The van der Waals surface area contributed by atoms with Crippen molar-refractivity contribution in [3.63, 3.8) is 0 Å². The van der Waals surface area contributed by atoms with Crippen molar-refractivity contribution >= 4 is 39.1 Å². The highest BCUT2D eigenvalue weighted by Crippen LogP contribution is 2.31. The van der Waals surface area contributed by atoms with Gasteiger partial charge in [-0.3, -0.25) is 9.59 Å². The normalized spacial score (nSPS) is 17.5. The van der Waals surface area contributed by atoms with E-state index in [1.165, 1.54) is 17.0 Å². The van der Waals surface area contributed by atoms with Gasteiger partial charge in [0.05, 0.1) is 11.5 Å². The number of hydrogen-bond acceptors (Lipinski definition) is 2. The van der Waals surface area contributed by atoms with Crippen molar-refractivity contribution in [3.8, 4) is 0 Å². The largest absolute Gasteiger partial charge is 0.416 e. The quantitative estimate of drug-likeness (QED) is 0.787. The summed E-state index contributed by atoms with van der Waals surface area (Å²) < 4.78 is 39.1. The molecular formula is C18H14BrF3N2O2. The summed E-state index contributed by atoms with van der Waals surface area (Å²) in [5, 5.41) is 2.47. The van der Waals surface area contributed by atoms with Gasteiger partial charge in [0.1, 0.15) is 0 Å². The molecule has 1 atom stereocenters. The first-order chi connectivity index (χ1) is 12.2. The Morgan fingerprint density at radius 2 is 1.85 bits per heavy atom. The van der Waals surface area contributed by atoms with Crippen molar-refractivity contribution < 1.29 is 22.8 Å². The van der Waals surface area contributed by atoms with Crippen LogP contribution in [-0.2, 0) is 15.8 Å². The fourth-order valence-corrected chi connectivity index (χ4v) is 3.04. The van der Waals surface area contributed by atoms with Crippen molar-refractivity contribution in [2.45, 2.75) is 12.6 Å². The number of halogens is 4. The third-order valence-electron chi connectivity index (χ3n) is 4.09. The van der Waals surface area contributed by atoms with E-state index in [9.17, 15) is 22.8 Å². The molecule has 4 nitrogen and oxygen atoms in total. The number of amides is 2. The molecule has 1 heterocycles. The Hall–Kier alpha value is -2.35. The molecule has 0 aromatic heterocycles. The molecule has 1 aliphatic heterocycles. The number of nitrogens with zero attached hydrogens (tertiary/aromatic N) is 1. The van der Waals surface area contributed by atoms with Crippen molar-refractivity contribution in [2.24, 2.45) is 5.92 Å². The van der Waals surface area contributed by atoms with Crippen LogP contribution in [-0.4, -0.2) is 18.4 Å². The average molecular weight is 427 g/mol. The molecule has 3 rings (SSSR count). The van der Waals surface area contributed by atoms with Gasteiger partial charge in [0, 0.05) is 28.8 Å². The maximum Gasteiger partial charge on any atom is 0.416 e. The van der Waals surface area contributed by atoms with Gasteiger partial charge in [-0.15, -0.1) is 0 Å².